The highest BCUT2D eigenvalue weighted by Crippen LogP contribution is 2.34. The van der Waals surface area contributed by atoms with Crippen molar-refractivity contribution in [3.05, 3.63) is 76.5 Å². The molecule has 0 bridgehead atoms. The number of nitrogens with one attached hydrogen (secondary N) is 1. The molecule has 1 aliphatic carbocycles. The van der Waals surface area contributed by atoms with Crippen LogP contribution in [0, 0.1) is 12.8 Å². The third kappa shape index (κ3) is 6.15. The molecule has 1 aliphatic rings. The maximum atomic E-state index is 12.4. The first-order valence-corrected chi connectivity index (χ1v) is 12.4. The molecule has 0 saturated heterocycles. The Kier molecular flexibility index (Phi) is 8.44. The summed E-state index contributed by atoms with van der Waals surface area (Å²) in [7, 11) is 0. The van der Waals surface area contributed by atoms with E-state index in [4.69, 9.17) is 25.6 Å². The van der Waals surface area contributed by atoms with Crippen LogP contribution >= 0.6 is 11.6 Å². The first kappa shape index (κ1) is 25.5. The summed E-state index contributed by atoms with van der Waals surface area (Å²) in [5.74, 6) is 0.275. The molecule has 0 fully saturated rings. The van der Waals surface area contributed by atoms with Gasteiger partial charge in [-0.15, -0.1) is 0 Å². The summed E-state index contributed by atoms with van der Waals surface area (Å²) < 4.78 is 16.0. The average Bonchev–Trinajstić information content (AvgIpc) is 3.25. The van der Waals surface area contributed by atoms with E-state index in [9.17, 15) is 9.59 Å². The monoisotopic (exact) mass is 508 g/mol. The second-order valence-corrected chi connectivity index (χ2v) is 9.01. The summed E-state index contributed by atoms with van der Waals surface area (Å²) in [5.41, 5.74) is 5.02. The third-order valence-corrected chi connectivity index (χ3v) is 6.57. The molecular weight excluding hydrogens is 480 g/mol. The standard InChI is InChI=1S/C28H29ClN2O5/c1-3-34-27(32)23-14-10-20(11-15-23)19-8-12-22(13-9-19)26-25(18(2)31-36-26)30-28(33)35-17-16-21-6-4-5-7-24(21)29/h4-10,12-13,23H,3,11,14-17H2,1-2H3,(H,30,33). The largest absolute Gasteiger partial charge is 0.466 e. The number of hydrogen-bond acceptors (Lipinski definition) is 6. The lowest BCUT2D eigenvalue weighted by molar-refractivity contribution is -0.148. The number of nitrogens with zero attached hydrogens (tertiary/aromatic N) is 1. The maximum absolute atomic E-state index is 12.4. The molecule has 0 radical (unpaired) electrons. The van der Waals surface area contributed by atoms with Crippen LogP contribution in [0.15, 0.2) is 59.1 Å². The average molecular weight is 509 g/mol. The second kappa shape index (κ2) is 11.9. The number of halogens is 1. The molecule has 36 heavy (non-hydrogen) atoms. The topological polar surface area (TPSA) is 90.7 Å². The van der Waals surface area contributed by atoms with Crippen LogP contribution in [0.3, 0.4) is 0 Å². The van der Waals surface area contributed by atoms with Gasteiger partial charge in [-0.3, -0.25) is 10.1 Å². The summed E-state index contributed by atoms with van der Waals surface area (Å²) in [5, 5.41) is 7.42. The van der Waals surface area contributed by atoms with Crippen LogP contribution in [0.4, 0.5) is 10.5 Å². The number of aromatic nitrogens is 1. The predicted octanol–water partition coefficient (Wildman–Crippen LogP) is 6.84. The molecule has 0 spiro atoms. The van der Waals surface area contributed by atoms with Crippen molar-refractivity contribution < 1.29 is 23.6 Å². The first-order valence-electron chi connectivity index (χ1n) is 12.1. The Labute approximate surface area is 215 Å². The van der Waals surface area contributed by atoms with Crippen LogP contribution in [-0.2, 0) is 20.7 Å². The highest BCUT2D eigenvalue weighted by Gasteiger charge is 2.23. The molecule has 1 N–H and O–H groups in total. The van der Waals surface area contributed by atoms with Gasteiger partial charge in [-0.25, -0.2) is 4.79 Å². The second-order valence-electron chi connectivity index (χ2n) is 8.60. The van der Waals surface area contributed by atoms with Crippen molar-refractivity contribution in [2.45, 2.75) is 39.5 Å². The fraction of sp³-hybridized carbons (Fsp3) is 0.321. The van der Waals surface area contributed by atoms with Crippen molar-refractivity contribution in [3.63, 3.8) is 0 Å². The van der Waals surface area contributed by atoms with Crippen LogP contribution in [0.5, 0.6) is 0 Å². The van der Waals surface area contributed by atoms with E-state index in [2.05, 4.69) is 16.5 Å². The van der Waals surface area contributed by atoms with Crippen LogP contribution in [0.1, 0.15) is 43.0 Å². The van der Waals surface area contributed by atoms with E-state index in [0.717, 1.165) is 29.5 Å². The van der Waals surface area contributed by atoms with E-state index < -0.39 is 6.09 Å². The van der Waals surface area contributed by atoms with Gasteiger partial charge in [-0.1, -0.05) is 65.3 Å². The molecule has 1 atom stereocenters. The number of benzene rings is 2. The van der Waals surface area contributed by atoms with E-state index in [1.807, 2.05) is 49.4 Å². The Morgan fingerprint density at radius 1 is 1.11 bits per heavy atom. The van der Waals surface area contributed by atoms with Gasteiger partial charge in [0, 0.05) is 17.0 Å². The molecule has 188 valence electrons. The Hall–Kier alpha value is -3.58. The van der Waals surface area contributed by atoms with Crippen molar-refractivity contribution >= 4 is 34.9 Å². The van der Waals surface area contributed by atoms with E-state index in [0.29, 0.717) is 41.6 Å². The molecular formula is C28H29ClN2O5. The lowest BCUT2D eigenvalue weighted by Crippen LogP contribution is -2.19. The van der Waals surface area contributed by atoms with Crippen LogP contribution < -0.4 is 5.32 Å². The minimum absolute atomic E-state index is 0.0665. The molecule has 0 saturated carbocycles. The van der Waals surface area contributed by atoms with Crippen molar-refractivity contribution in [1.82, 2.24) is 5.16 Å². The van der Waals surface area contributed by atoms with E-state index in [1.54, 1.807) is 13.0 Å². The first-order chi connectivity index (χ1) is 17.5. The Morgan fingerprint density at radius 3 is 2.56 bits per heavy atom. The van der Waals surface area contributed by atoms with Gasteiger partial charge in [0.15, 0.2) is 5.76 Å². The van der Waals surface area contributed by atoms with Crippen molar-refractivity contribution in [1.29, 1.82) is 0 Å². The zero-order valence-electron chi connectivity index (χ0n) is 20.4. The molecule has 8 heteroatoms. The number of hydrogen-bond donors (Lipinski definition) is 1. The van der Waals surface area contributed by atoms with Gasteiger partial charge in [0.1, 0.15) is 11.4 Å². The van der Waals surface area contributed by atoms with Crippen LogP contribution in [-0.4, -0.2) is 30.4 Å². The molecule has 1 heterocycles. The van der Waals surface area contributed by atoms with Gasteiger partial charge in [0.2, 0.25) is 0 Å². The van der Waals surface area contributed by atoms with Crippen LogP contribution in [0.2, 0.25) is 5.02 Å². The molecule has 2 aromatic carbocycles. The van der Waals surface area contributed by atoms with E-state index >= 15 is 0 Å². The maximum Gasteiger partial charge on any atom is 0.411 e. The van der Waals surface area contributed by atoms with Crippen molar-refractivity contribution in [2.75, 3.05) is 18.5 Å². The quantitative estimate of drug-likeness (QED) is 0.335. The molecule has 1 unspecified atom stereocenters. The number of anilines is 1. The fourth-order valence-electron chi connectivity index (χ4n) is 4.21. The molecule has 1 aromatic heterocycles. The number of rotatable bonds is 8. The number of carbonyl (C=O) groups excluding carboxylic acids is 2. The minimum Gasteiger partial charge on any atom is -0.466 e. The number of aryl methyl sites for hydroxylation is 1. The number of esters is 1. The van der Waals surface area contributed by atoms with E-state index in [-0.39, 0.29) is 18.5 Å². The van der Waals surface area contributed by atoms with Gasteiger partial charge < -0.3 is 14.0 Å². The Balaban J connectivity index is 1.38. The minimum atomic E-state index is -0.588. The molecule has 4 rings (SSSR count). The number of ether oxygens (including phenoxy) is 2. The highest BCUT2D eigenvalue weighted by molar-refractivity contribution is 6.31. The number of amides is 1. The summed E-state index contributed by atoms with van der Waals surface area (Å²) >= 11 is 6.16. The summed E-state index contributed by atoms with van der Waals surface area (Å²) in [6.07, 6.45) is 4.32. The molecule has 1 amide bonds. The molecule has 0 aliphatic heterocycles. The predicted molar refractivity (Wildman–Crippen MR) is 139 cm³/mol. The van der Waals surface area contributed by atoms with E-state index in [1.165, 1.54) is 5.57 Å². The zero-order valence-corrected chi connectivity index (χ0v) is 21.1. The lowest BCUT2D eigenvalue weighted by atomic mass is 9.86. The SMILES string of the molecule is CCOC(=O)C1CC=C(c2ccc(-c3onc(C)c3NC(=O)OCCc3ccccc3Cl)cc2)CC1. The van der Waals surface area contributed by atoms with Crippen molar-refractivity contribution in [2.24, 2.45) is 5.92 Å². The van der Waals surface area contributed by atoms with Gasteiger partial charge in [-0.2, -0.15) is 0 Å². The zero-order chi connectivity index (χ0) is 25.5. The number of allylic oxidation sites excluding steroid dienone is 2. The van der Waals surface area contributed by atoms with Gasteiger partial charge in [0.25, 0.3) is 0 Å². The van der Waals surface area contributed by atoms with Gasteiger partial charge >= 0.3 is 12.1 Å². The van der Waals surface area contributed by atoms with Gasteiger partial charge in [-0.05, 0) is 55.9 Å². The molecule has 7 nitrogen and oxygen atoms in total. The van der Waals surface area contributed by atoms with Gasteiger partial charge in [0.05, 0.1) is 19.1 Å². The third-order valence-electron chi connectivity index (χ3n) is 6.20. The summed E-state index contributed by atoms with van der Waals surface area (Å²) in [6, 6.07) is 15.3. The lowest BCUT2D eigenvalue weighted by Gasteiger charge is -2.20. The molecule has 3 aromatic rings. The summed E-state index contributed by atoms with van der Waals surface area (Å²) in [4.78, 5) is 24.4. The fourth-order valence-corrected chi connectivity index (χ4v) is 4.44. The normalized spacial score (nSPS) is 15.2. The highest BCUT2D eigenvalue weighted by atomic mass is 35.5. The Bertz CT molecular complexity index is 1250. The van der Waals surface area contributed by atoms with Crippen LogP contribution in [0.25, 0.3) is 16.9 Å². The smallest absolute Gasteiger partial charge is 0.411 e. The Morgan fingerprint density at radius 2 is 1.86 bits per heavy atom. The number of carbonyl (C=O) groups is 2. The summed E-state index contributed by atoms with van der Waals surface area (Å²) in [6.45, 7) is 4.18. The van der Waals surface area contributed by atoms with Crippen molar-refractivity contribution in [3.8, 4) is 11.3 Å².